The van der Waals surface area contributed by atoms with Crippen molar-refractivity contribution < 1.29 is 4.39 Å². The Balaban J connectivity index is 2.13. The Hall–Kier alpha value is -1.43. The summed E-state index contributed by atoms with van der Waals surface area (Å²) in [5, 5.41) is 7.07. The van der Waals surface area contributed by atoms with Crippen LogP contribution in [0.4, 0.5) is 10.1 Å². The van der Waals surface area contributed by atoms with E-state index in [1.807, 2.05) is 6.92 Å². The van der Waals surface area contributed by atoms with Crippen LogP contribution in [0.2, 0.25) is 0 Å². The second-order valence-electron chi connectivity index (χ2n) is 3.44. The van der Waals surface area contributed by atoms with Gasteiger partial charge in [0, 0.05) is 11.0 Å². The lowest BCUT2D eigenvalue weighted by Crippen LogP contribution is -2.10. The third-order valence-corrected chi connectivity index (χ3v) is 3.04. The van der Waals surface area contributed by atoms with Gasteiger partial charge in [-0.1, -0.05) is 6.07 Å². The molecule has 0 spiro atoms. The molecule has 0 atom stereocenters. The van der Waals surface area contributed by atoms with E-state index in [1.165, 1.54) is 12.4 Å². The number of hydrogen-bond donors (Lipinski definition) is 1. The normalized spacial score (nSPS) is 10.5. The van der Waals surface area contributed by atoms with Gasteiger partial charge in [-0.25, -0.2) is 14.1 Å². The average molecular weight is 299 g/mol. The van der Waals surface area contributed by atoms with Crippen LogP contribution in [0.1, 0.15) is 12.7 Å². The minimum absolute atomic E-state index is 0.290. The molecule has 0 radical (unpaired) electrons. The second kappa shape index (κ2) is 5.27. The van der Waals surface area contributed by atoms with E-state index < -0.39 is 0 Å². The Kier molecular flexibility index (Phi) is 3.73. The molecule has 1 aromatic carbocycles. The summed E-state index contributed by atoms with van der Waals surface area (Å²) in [7, 11) is 0. The standard InChI is InChI=1S/C11H12BrFN4/c1-2-17-10(15-7-16-17)6-14-11-8(12)4-3-5-9(11)13/h3-5,7,14H,2,6H2,1H3. The largest absolute Gasteiger partial charge is 0.374 e. The van der Waals surface area contributed by atoms with Gasteiger partial charge in [-0.3, -0.25) is 0 Å². The maximum absolute atomic E-state index is 13.5. The number of rotatable bonds is 4. The Morgan fingerprint density at radius 1 is 1.47 bits per heavy atom. The molecule has 90 valence electrons. The summed E-state index contributed by atoms with van der Waals surface area (Å²) in [6.07, 6.45) is 1.50. The highest BCUT2D eigenvalue weighted by Gasteiger charge is 2.08. The summed E-state index contributed by atoms with van der Waals surface area (Å²) < 4.78 is 16.0. The quantitative estimate of drug-likeness (QED) is 0.944. The zero-order chi connectivity index (χ0) is 12.3. The number of halogens is 2. The highest BCUT2D eigenvalue weighted by molar-refractivity contribution is 9.10. The molecule has 1 heterocycles. The maximum Gasteiger partial charge on any atom is 0.147 e. The van der Waals surface area contributed by atoms with Crippen LogP contribution >= 0.6 is 15.9 Å². The van der Waals surface area contributed by atoms with Crippen LogP contribution < -0.4 is 5.32 Å². The molecule has 0 unspecified atom stereocenters. The lowest BCUT2D eigenvalue weighted by molar-refractivity contribution is 0.614. The van der Waals surface area contributed by atoms with Crippen LogP contribution in [0.3, 0.4) is 0 Å². The highest BCUT2D eigenvalue weighted by atomic mass is 79.9. The van der Waals surface area contributed by atoms with Crippen LogP contribution in [0, 0.1) is 5.82 Å². The molecule has 2 aromatic rings. The Morgan fingerprint density at radius 3 is 3.00 bits per heavy atom. The van der Waals surface area contributed by atoms with Gasteiger partial charge in [-0.15, -0.1) is 0 Å². The summed E-state index contributed by atoms with van der Waals surface area (Å²) in [6.45, 7) is 3.17. The molecule has 17 heavy (non-hydrogen) atoms. The van der Waals surface area contributed by atoms with Gasteiger partial charge in [-0.2, -0.15) is 5.10 Å². The first kappa shape index (κ1) is 12.0. The van der Waals surface area contributed by atoms with Crippen molar-refractivity contribution >= 4 is 21.6 Å². The molecule has 0 aliphatic heterocycles. The molecule has 2 rings (SSSR count). The second-order valence-corrected chi connectivity index (χ2v) is 4.30. The van der Waals surface area contributed by atoms with Gasteiger partial charge in [-0.05, 0) is 35.0 Å². The Labute approximate surface area is 107 Å². The number of nitrogens with one attached hydrogen (secondary N) is 1. The van der Waals surface area contributed by atoms with Crippen molar-refractivity contribution in [2.24, 2.45) is 0 Å². The zero-order valence-corrected chi connectivity index (χ0v) is 10.9. The van der Waals surface area contributed by atoms with Crippen molar-refractivity contribution in [2.75, 3.05) is 5.32 Å². The average Bonchev–Trinajstić information content (AvgIpc) is 2.76. The van der Waals surface area contributed by atoms with Crippen molar-refractivity contribution in [1.82, 2.24) is 14.8 Å². The smallest absolute Gasteiger partial charge is 0.147 e. The third kappa shape index (κ3) is 2.63. The van der Waals surface area contributed by atoms with E-state index >= 15 is 0 Å². The monoisotopic (exact) mass is 298 g/mol. The van der Waals surface area contributed by atoms with Crippen molar-refractivity contribution in [3.05, 3.63) is 40.6 Å². The number of anilines is 1. The predicted molar refractivity (Wildman–Crippen MR) is 67.1 cm³/mol. The van der Waals surface area contributed by atoms with Crippen molar-refractivity contribution in [3.8, 4) is 0 Å². The fourth-order valence-corrected chi connectivity index (χ4v) is 2.01. The number of benzene rings is 1. The van der Waals surface area contributed by atoms with E-state index in [0.29, 0.717) is 16.7 Å². The molecule has 0 amide bonds. The van der Waals surface area contributed by atoms with Gasteiger partial charge in [0.05, 0.1) is 12.2 Å². The lowest BCUT2D eigenvalue weighted by Gasteiger charge is -2.09. The first-order valence-corrected chi connectivity index (χ1v) is 6.06. The molecule has 0 fully saturated rings. The van der Waals surface area contributed by atoms with Gasteiger partial charge in [0.15, 0.2) is 0 Å². The maximum atomic E-state index is 13.5. The fourth-order valence-electron chi connectivity index (χ4n) is 1.52. The molecule has 1 aromatic heterocycles. The van der Waals surface area contributed by atoms with Gasteiger partial charge >= 0.3 is 0 Å². The topological polar surface area (TPSA) is 42.7 Å². The molecular formula is C11H12BrFN4. The van der Waals surface area contributed by atoms with Crippen LogP contribution in [0.25, 0.3) is 0 Å². The molecule has 4 nitrogen and oxygen atoms in total. The summed E-state index contributed by atoms with van der Waals surface area (Å²) >= 11 is 3.30. The predicted octanol–water partition coefficient (Wildman–Crippen LogP) is 2.81. The van der Waals surface area contributed by atoms with E-state index in [9.17, 15) is 4.39 Å². The van der Waals surface area contributed by atoms with E-state index in [0.717, 1.165) is 12.4 Å². The molecule has 6 heteroatoms. The molecule has 0 saturated carbocycles. The fraction of sp³-hybridized carbons (Fsp3) is 0.273. The first-order chi connectivity index (χ1) is 8.22. The third-order valence-electron chi connectivity index (χ3n) is 2.38. The molecule has 0 aliphatic carbocycles. The number of aromatic nitrogens is 3. The summed E-state index contributed by atoms with van der Waals surface area (Å²) in [5.74, 6) is 0.490. The van der Waals surface area contributed by atoms with Gasteiger partial charge in [0.1, 0.15) is 18.0 Å². The van der Waals surface area contributed by atoms with E-state index in [-0.39, 0.29) is 5.82 Å². The Bertz CT molecular complexity index is 492. The Morgan fingerprint density at radius 2 is 2.29 bits per heavy atom. The zero-order valence-electron chi connectivity index (χ0n) is 9.32. The number of nitrogens with zero attached hydrogens (tertiary/aromatic N) is 3. The van der Waals surface area contributed by atoms with Crippen LogP contribution in [-0.4, -0.2) is 14.8 Å². The molecule has 0 saturated heterocycles. The van der Waals surface area contributed by atoms with Crippen LogP contribution in [-0.2, 0) is 13.1 Å². The number of aryl methyl sites for hydroxylation is 1. The van der Waals surface area contributed by atoms with Crippen molar-refractivity contribution in [3.63, 3.8) is 0 Å². The van der Waals surface area contributed by atoms with E-state index in [1.54, 1.807) is 16.8 Å². The molecular weight excluding hydrogens is 287 g/mol. The SMILES string of the molecule is CCn1ncnc1CNc1c(F)cccc1Br. The summed E-state index contributed by atoms with van der Waals surface area (Å²) in [6, 6.07) is 4.85. The molecule has 0 bridgehead atoms. The van der Waals surface area contributed by atoms with Crippen LogP contribution in [0.15, 0.2) is 29.0 Å². The van der Waals surface area contributed by atoms with Gasteiger partial charge in [0.25, 0.3) is 0 Å². The van der Waals surface area contributed by atoms with E-state index in [4.69, 9.17) is 0 Å². The number of para-hydroxylation sites is 1. The van der Waals surface area contributed by atoms with Crippen LogP contribution in [0.5, 0.6) is 0 Å². The number of hydrogen-bond acceptors (Lipinski definition) is 3. The minimum Gasteiger partial charge on any atom is -0.374 e. The molecule has 1 N–H and O–H groups in total. The van der Waals surface area contributed by atoms with Crippen molar-refractivity contribution in [1.29, 1.82) is 0 Å². The summed E-state index contributed by atoms with van der Waals surface area (Å²) in [4.78, 5) is 4.11. The first-order valence-electron chi connectivity index (χ1n) is 5.27. The van der Waals surface area contributed by atoms with Crippen molar-refractivity contribution in [2.45, 2.75) is 20.0 Å². The molecule has 0 aliphatic rings. The minimum atomic E-state index is -0.290. The van der Waals surface area contributed by atoms with Gasteiger partial charge in [0.2, 0.25) is 0 Å². The highest BCUT2D eigenvalue weighted by Crippen LogP contribution is 2.25. The van der Waals surface area contributed by atoms with Gasteiger partial charge < -0.3 is 5.32 Å². The van der Waals surface area contributed by atoms with E-state index in [2.05, 4.69) is 31.3 Å². The summed E-state index contributed by atoms with van der Waals surface area (Å²) in [5.41, 5.74) is 0.443. The lowest BCUT2D eigenvalue weighted by atomic mass is 10.3.